The zero-order chi connectivity index (χ0) is 24.2. The highest BCUT2D eigenvalue weighted by molar-refractivity contribution is 6.06. The van der Waals surface area contributed by atoms with Crippen molar-refractivity contribution in [1.82, 2.24) is 10.2 Å². The number of nitrogens with one attached hydrogen (secondary N) is 2. The topological polar surface area (TPSA) is 141 Å². The number of nitrogens with zero attached hydrogens (tertiary/aromatic N) is 1. The third-order valence-electron chi connectivity index (χ3n) is 5.52. The number of benzene rings is 1. The van der Waals surface area contributed by atoms with Gasteiger partial charge in [0.15, 0.2) is 0 Å². The maximum atomic E-state index is 12.9. The van der Waals surface area contributed by atoms with Crippen LogP contribution in [0, 0.1) is 0 Å². The number of carbonyl (C=O) groups is 3. The molecule has 35 heavy (non-hydrogen) atoms. The predicted molar refractivity (Wildman–Crippen MR) is 131 cm³/mol. The summed E-state index contributed by atoms with van der Waals surface area (Å²) < 4.78 is 21.6. The van der Waals surface area contributed by atoms with Crippen LogP contribution in [0.4, 0.5) is 5.69 Å². The van der Waals surface area contributed by atoms with Gasteiger partial charge in [-0.05, 0) is 18.6 Å². The number of ether oxygens (including phenoxy) is 4. The lowest BCUT2D eigenvalue weighted by atomic mass is 10.0. The Labute approximate surface area is 211 Å². The average molecular weight is 515 g/mol. The second-order valence-electron chi connectivity index (χ2n) is 7.90. The first-order chi connectivity index (χ1) is 16.6. The molecule has 1 fully saturated rings. The minimum atomic E-state index is -0.622. The Morgan fingerprint density at radius 1 is 0.943 bits per heavy atom. The van der Waals surface area contributed by atoms with Crippen LogP contribution in [0.5, 0.6) is 0 Å². The zero-order valence-corrected chi connectivity index (χ0v) is 20.6. The van der Waals surface area contributed by atoms with Gasteiger partial charge < -0.3 is 34.9 Å². The number of amides is 3. The molecule has 0 saturated carbocycles. The molecular weight excluding hydrogens is 480 g/mol. The predicted octanol–water partition coefficient (Wildman–Crippen LogP) is 0.306. The fourth-order valence-electron chi connectivity index (χ4n) is 3.85. The Morgan fingerprint density at radius 3 is 2.20 bits per heavy atom. The van der Waals surface area contributed by atoms with E-state index in [2.05, 4.69) is 10.6 Å². The minimum Gasteiger partial charge on any atom is -0.382 e. The Kier molecular flexibility index (Phi) is 13.0. The summed E-state index contributed by atoms with van der Waals surface area (Å²) in [6.07, 6.45) is 0.582. The minimum absolute atomic E-state index is 0. The number of fused-ring (bicyclic) bond motifs is 1. The third-order valence-corrected chi connectivity index (χ3v) is 5.52. The maximum absolute atomic E-state index is 12.9. The van der Waals surface area contributed by atoms with Gasteiger partial charge in [0.25, 0.3) is 5.91 Å². The van der Waals surface area contributed by atoms with Crippen molar-refractivity contribution in [3.8, 4) is 0 Å². The van der Waals surface area contributed by atoms with Crippen molar-refractivity contribution in [3.63, 3.8) is 0 Å². The molecule has 1 atom stereocenters. The lowest BCUT2D eigenvalue weighted by molar-refractivity contribution is -0.136. The lowest BCUT2D eigenvalue weighted by Gasteiger charge is -2.29. The molecule has 2 aliphatic rings. The highest BCUT2D eigenvalue weighted by Gasteiger charge is 2.39. The molecule has 2 aliphatic heterocycles. The Morgan fingerprint density at radius 2 is 1.57 bits per heavy atom. The second kappa shape index (κ2) is 15.7. The van der Waals surface area contributed by atoms with Crippen molar-refractivity contribution in [2.75, 3.05) is 71.3 Å². The van der Waals surface area contributed by atoms with Gasteiger partial charge in [0.05, 0.1) is 52.9 Å². The van der Waals surface area contributed by atoms with Gasteiger partial charge in [0.1, 0.15) is 6.04 Å². The molecule has 1 unspecified atom stereocenters. The van der Waals surface area contributed by atoms with Gasteiger partial charge in [-0.3, -0.25) is 19.7 Å². The Hall–Kier alpha value is -2.28. The van der Waals surface area contributed by atoms with Crippen molar-refractivity contribution in [2.45, 2.75) is 25.4 Å². The Bertz CT molecular complexity index is 842. The summed E-state index contributed by atoms with van der Waals surface area (Å²) in [6.45, 7) is 5.41. The maximum Gasteiger partial charge on any atom is 0.255 e. The summed E-state index contributed by atoms with van der Waals surface area (Å²) in [6, 6.07) is 4.86. The summed E-state index contributed by atoms with van der Waals surface area (Å²) in [5.74, 6) is -0.894. The van der Waals surface area contributed by atoms with E-state index in [1.807, 2.05) is 12.1 Å². The molecule has 2 heterocycles. The average Bonchev–Trinajstić information content (AvgIpc) is 3.16. The van der Waals surface area contributed by atoms with E-state index < -0.39 is 11.9 Å². The van der Waals surface area contributed by atoms with Crippen molar-refractivity contribution >= 4 is 35.8 Å². The summed E-state index contributed by atoms with van der Waals surface area (Å²) >= 11 is 0. The molecule has 0 radical (unpaired) electrons. The largest absolute Gasteiger partial charge is 0.382 e. The SMILES string of the molecule is Cl.NCCOCCOCCOCCOCCNc1cccc2c1CN(C1CCC(=O)NC1=O)C2=O. The van der Waals surface area contributed by atoms with E-state index >= 15 is 0 Å². The van der Waals surface area contributed by atoms with E-state index in [-0.39, 0.29) is 30.6 Å². The fraction of sp³-hybridized carbons (Fsp3) is 0.609. The number of imide groups is 1. The van der Waals surface area contributed by atoms with Crippen LogP contribution in [0.2, 0.25) is 0 Å². The monoisotopic (exact) mass is 514 g/mol. The molecule has 0 spiro atoms. The standard InChI is InChI=1S/C23H34N4O7.ClH/c24-6-8-31-10-12-33-14-15-34-13-11-32-9-7-25-19-3-1-2-17-18(19)16-27(23(17)30)20-4-5-21(28)26-22(20)29;/h1-3,20,25H,4-16,24H2,(H,26,28,29);1H. The summed E-state index contributed by atoms with van der Waals surface area (Å²) in [5, 5.41) is 5.63. The molecular formula is C23H35ClN4O7. The van der Waals surface area contributed by atoms with Crippen molar-refractivity contribution in [2.24, 2.45) is 5.73 Å². The summed E-state index contributed by atoms with van der Waals surface area (Å²) in [5.41, 5.74) is 7.60. The van der Waals surface area contributed by atoms with Crippen LogP contribution in [-0.2, 0) is 35.1 Å². The number of halogens is 1. The van der Waals surface area contributed by atoms with Gasteiger partial charge in [-0.25, -0.2) is 0 Å². The fourth-order valence-corrected chi connectivity index (χ4v) is 3.85. The zero-order valence-electron chi connectivity index (χ0n) is 19.8. The van der Waals surface area contributed by atoms with Crippen LogP contribution < -0.4 is 16.4 Å². The van der Waals surface area contributed by atoms with E-state index in [0.717, 1.165) is 11.3 Å². The molecule has 1 saturated heterocycles. The number of carbonyl (C=O) groups excluding carboxylic acids is 3. The van der Waals surface area contributed by atoms with Crippen LogP contribution in [-0.4, -0.2) is 94.6 Å². The number of hydrogen-bond acceptors (Lipinski definition) is 9. The highest BCUT2D eigenvalue weighted by Crippen LogP contribution is 2.32. The van der Waals surface area contributed by atoms with Gasteiger partial charge in [-0.2, -0.15) is 0 Å². The molecule has 12 heteroatoms. The van der Waals surface area contributed by atoms with Gasteiger partial charge in [-0.1, -0.05) is 6.07 Å². The molecule has 11 nitrogen and oxygen atoms in total. The van der Waals surface area contributed by atoms with Crippen LogP contribution in [0.15, 0.2) is 18.2 Å². The lowest BCUT2D eigenvalue weighted by Crippen LogP contribution is -2.52. The molecule has 1 aromatic carbocycles. The third kappa shape index (κ3) is 8.71. The van der Waals surface area contributed by atoms with E-state index in [1.165, 1.54) is 0 Å². The first-order valence-electron chi connectivity index (χ1n) is 11.6. The first-order valence-corrected chi connectivity index (χ1v) is 11.6. The molecule has 0 bridgehead atoms. The quantitative estimate of drug-likeness (QED) is 0.210. The number of hydrogen-bond donors (Lipinski definition) is 3. The van der Waals surface area contributed by atoms with E-state index in [9.17, 15) is 14.4 Å². The van der Waals surface area contributed by atoms with Gasteiger partial charge in [0, 0.05) is 42.9 Å². The van der Waals surface area contributed by atoms with Crippen LogP contribution >= 0.6 is 12.4 Å². The normalized spacial score (nSPS) is 17.2. The van der Waals surface area contributed by atoms with Gasteiger partial charge in [-0.15, -0.1) is 12.4 Å². The molecule has 196 valence electrons. The highest BCUT2D eigenvalue weighted by atomic mass is 35.5. The van der Waals surface area contributed by atoms with Crippen molar-refractivity contribution in [1.29, 1.82) is 0 Å². The summed E-state index contributed by atoms with van der Waals surface area (Å²) in [7, 11) is 0. The van der Waals surface area contributed by atoms with E-state index in [4.69, 9.17) is 24.7 Å². The molecule has 3 amide bonds. The Balaban J connectivity index is 0.00000432. The van der Waals surface area contributed by atoms with Crippen molar-refractivity contribution < 1.29 is 33.3 Å². The van der Waals surface area contributed by atoms with Crippen LogP contribution in [0.1, 0.15) is 28.8 Å². The van der Waals surface area contributed by atoms with E-state index in [1.54, 1.807) is 11.0 Å². The van der Waals surface area contributed by atoms with Crippen molar-refractivity contribution in [3.05, 3.63) is 29.3 Å². The molecule has 1 aromatic rings. The van der Waals surface area contributed by atoms with Gasteiger partial charge >= 0.3 is 0 Å². The molecule has 3 rings (SSSR count). The number of nitrogens with two attached hydrogens (primary N) is 1. The van der Waals surface area contributed by atoms with Gasteiger partial charge in [0.2, 0.25) is 11.8 Å². The van der Waals surface area contributed by atoms with Crippen LogP contribution in [0.3, 0.4) is 0 Å². The molecule has 0 aromatic heterocycles. The number of rotatable bonds is 16. The first kappa shape index (κ1) is 29.0. The number of anilines is 1. The molecule has 4 N–H and O–H groups in total. The molecule has 0 aliphatic carbocycles. The van der Waals surface area contributed by atoms with Crippen LogP contribution in [0.25, 0.3) is 0 Å². The number of piperidine rings is 1. The van der Waals surface area contributed by atoms with E-state index in [0.29, 0.717) is 84.5 Å². The summed E-state index contributed by atoms with van der Waals surface area (Å²) in [4.78, 5) is 38.0. The smallest absolute Gasteiger partial charge is 0.255 e. The second-order valence-corrected chi connectivity index (χ2v) is 7.90.